The molecule has 118 valence electrons. The van der Waals surface area contributed by atoms with Crippen molar-refractivity contribution in [1.82, 2.24) is 4.57 Å². The SMILES string of the molecule is CC[C@@H](c1ccccc1)c1c(C=O)c2cc(OC)ccc2n1C. The molecule has 0 radical (unpaired) electrons. The van der Waals surface area contributed by atoms with E-state index in [0.29, 0.717) is 0 Å². The van der Waals surface area contributed by atoms with Gasteiger partial charge in [-0.2, -0.15) is 0 Å². The first-order valence-electron chi connectivity index (χ1n) is 7.87. The van der Waals surface area contributed by atoms with Crippen LogP contribution >= 0.6 is 0 Å². The molecule has 3 aromatic rings. The second-order valence-corrected chi connectivity index (χ2v) is 5.73. The highest BCUT2D eigenvalue weighted by Crippen LogP contribution is 2.36. The number of aromatic nitrogens is 1. The largest absolute Gasteiger partial charge is 0.497 e. The van der Waals surface area contributed by atoms with Gasteiger partial charge < -0.3 is 9.30 Å². The first-order valence-corrected chi connectivity index (χ1v) is 7.87. The number of carbonyl (C=O) groups is 1. The predicted octanol–water partition coefficient (Wildman–Crippen LogP) is 4.54. The Bertz CT molecular complexity index is 834. The molecule has 0 N–H and O–H groups in total. The van der Waals surface area contributed by atoms with E-state index in [4.69, 9.17) is 4.74 Å². The highest BCUT2D eigenvalue weighted by Gasteiger charge is 2.23. The Labute approximate surface area is 136 Å². The molecule has 1 aromatic heterocycles. The van der Waals surface area contributed by atoms with Gasteiger partial charge in [-0.15, -0.1) is 0 Å². The molecule has 0 saturated heterocycles. The topological polar surface area (TPSA) is 31.2 Å². The van der Waals surface area contributed by atoms with E-state index >= 15 is 0 Å². The van der Waals surface area contributed by atoms with E-state index in [-0.39, 0.29) is 5.92 Å². The summed E-state index contributed by atoms with van der Waals surface area (Å²) >= 11 is 0. The van der Waals surface area contributed by atoms with Gasteiger partial charge in [0.05, 0.1) is 7.11 Å². The number of nitrogens with zero attached hydrogens (tertiary/aromatic N) is 1. The molecule has 0 aliphatic rings. The number of methoxy groups -OCH3 is 1. The molecule has 0 aliphatic heterocycles. The smallest absolute Gasteiger partial charge is 0.152 e. The monoisotopic (exact) mass is 307 g/mol. The number of fused-ring (bicyclic) bond motifs is 1. The fraction of sp³-hybridized carbons (Fsp3) is 0.250. The van der Waals surface area contributed by atoms with Gasteiger partial charge in [0.15, 0.2) is 6.29 Å². The third kappa shape index (κ3) is 2.52. The van der Waals surface area contributed by atoms with Crippen LogP contribution in [-0.4, -0.2) is 18.0 Å². The van der Waals surface area contributed by atoms with Crippen molar-refractivity contribution >= 4 is 17.2 Å². The van der Waals surface area contributed by atoms with Gasteiger partial charge in [0.2, 0.25) is 0 Å². The van der Waals surface area contributed by atoms with Gasteiger partial charge in [0.1, 0.15) is 5.75 Å². The van der Waals surface area contributed by atoms with Gasteiger partial charge in [-0.05, 0) is 30.2 Å². The van der Waals surface area contributed by atoms with Crippen LogP contribution < -0.4 is 4.74 Å². The van der Waals surface area contributed by atoms with E-state index in [1.54, 1.807) is 7.11 Å². The van der Waals surface area contributed by atoms with Gasteiger partial charge in [-0.25, -0.2) is 0 Å². The molecule has 0 bridgehead atoms. The molecule has 0 amide bonds. The molecule has 1 atom stereocenters. The molecule has 23 heavy (non-hydrogen) atoms. The molecule has 0 saturated carbocycles. The molecule has 3 nitrogen and oxygen atoms in total. The maximum atomic E-state index is 11.9. The van der Waals surface area contributed by atoms with Crippen LogP contribution in [0.2, 0.25) is 0 Å². The fourth-order valence-corrected chi connectivity index (χ4v) is 3.42. The third-order valence-corrected chi connectivity index (χ3v) is 4.55. The van der Waals surface area contributed by atoms with E-state index in [1.165, 1.54) is 5.56 Å². The second-order valence-electron chi connectivity index (χ2n) is 5.73. The van der Waals surface area contributed by atoms with Crippen molar-refractivity contribution < 1.29 is 9.53 Å². The summed E-state index contributed by atoms with van der Waals surface area (Å²) in [6, 6.07) is 16.3. The molecule has 2 aromatic carbocycles. The van der Waals surface area contributed by atoms with Crippen LogP contribution in [0.5, 0.6) is 5.75 Å². The molecule has 0 fully saturated rings. The standard InChI is InChI=1S/C20H21NO2/c1-4-16(14-8-6-5-7-9-14)20-18(13-22)17-12-15(23-3)10-11-19(17)21(20)2/h5-13,16H,4H2,1-3H3/t16-/m0/s1. The molecule has 3 rings (SSSR count). The highest BCUT2D eigenvalue weighted by molar-refractivity contribution is 6.00. The highest BCUT2D eigenvalue weighted by atomic mass is 16.5. The normalized spacial score (nSPS) is 12.3. The van der Waals surface area contributed by atoms with Gasteiger partial charge in [0, 0.05) is 35.1 Å². The zero-order valence-corrected chi connectivity index (χ0v) is 13.7. The first-order chi connectivity index (χ1) is 11.2. The Kier molecular flexibility index (Phi) is 4.20. The lowest BCUT2D eigenvalue weighted by Crippen LogP contribution is -2.08. The van der Waals surface area contributed by atoms with Crippen molar-refractivity contribution in [2.45, 2.75) is 19.3 Å². The minimum absolute atomic E-state index is 0.194. The number of carbonyl (C=O) groups excluding carboxylic acids is 1. The first kappa shape index (κ1) is 15.3. The van der Waals surface area contributed by atoms with E-state index in [2.05, 4.69) is 23.6 Å². The summed E-state index contributed by atoms with van der Waals surface area (Å²) in [4.78, 5) is 11.9. The van der Waals surface area contributed by atoms with Crippen molar-refractivity contribution in [3.8, 4) is 5.75 Å². The van der Waals surface area contributed by atoms with Crippen molar-refractivity contribution in [3.63, 3.8) is 0 Å². The van der Waals surface area contributed by atoms with Gasteiger partial charge in [-0.1, -0.05) is 37.3 Å². The fourth-order valence-electron chi connectivity index (χ4n) is 3.42. The summed E-state index contributed by atoms with van der Waals surface area (Å²) < 4.78 is 7.46. The average molecular weight is 307 g/mol. The molecule has 1 heterocycles. The number of rotatable bonds is 5. The Morgan fingerprint density at radius 1 is 1.17 bits per heavy atom. The van der Waals surface area contributed by atoms with E-state index in [9.17, 15) is 4.79 Å². The Hall–Kier alpha value is -2.55. The number of hydrogen-bond donors (Lipinski definition) is 0. The number of aryl methyl sites for hydroxylation is 1. The Morgan fingerprint density at radius 3 is 2.52 bits per heavy atom. The van der Waals surface area contributed by atoms with Crippen LogP contribution in [-0.2, 0) is 7.05 Å². The van der Waals surface area contributed by atoms with Crippen LogP contribution in [0.15, 0.2) is 48.5 Å². The summed E-state index contributed by atoms with van der Waals surface area (Å²) in [7, 11) is 3.67. The molecular formula is C20H21NO2. The molecular weight excluding hydrogens is 286 g/mol. The lowest BCUT2D eigenvalue weighted by atomic mass is 9.90. The predicted molar refractivity (Wildman–Crippen MR) is 93.4 cm³/mol. The van der Waals surface area contributed by atoms with Gasteiger partial charge >= 0.3 is 0 Å². The number of benzene rings is 2. The van der Waals surface area contributed by atoms with Crippen molar-refractivity contribution in [3.05, 3.63) is 65.4 Å². The van der Waals surface area contributed by atoms with E-state index in [0.717, 1.165) is 40.6 Å². The van der Waals surface area contributed by atoms with Gasteiger partial charge in [-0.3, -0.25) is 4.79 Å². The maximum Gasteiger partial charge on any atom is 0.152 e. The summed E-state index contributed by atoms with van der Waals surface area (Å²) in [5.74, 6) is 0.963. The lowest BCUT2D eigenvalue weighted by Gasteiger charge is -2.18. The maximum absolute atomic E-state index is 11.9. The third-order valence-electron chi connectivity index (χ3n) is 4.55. The van der Waals surface area contributed by atoms with Crippen molar-refractivity contribution in [2.24, 2.45) is 7.05 Å². The van der Waals surface area contributed by atoms with Crippen LogP contribution in [0.1, 0.15) is 40.9 Å². The minimum atomic E-state index is 0.194. The Balaban J connectivity index is 2.27. The Morgan fingerprint density at radius 2 is 1.91 bits per heavy atom. The molecule has 0 unspecified atom stereocenters. The van der Waals surface area contributed by atoms with Crippen LogP contribution in [0.25, 0.3) is 10.9 Å². The van der Waals surface area contributed by atoms with Crippen molar-refractivity contribution in [1.29, 1.82) is 0 Å². The average Bonchev–Trinajstić information content (AvgIpc) is 2.88. The number of ether oxygens (including phenoxy) is 1. The molecule has 0 spiro atoms. The summed E-state index contributed by atoms with van der Waals surface area (Å²) in [6.45, 7) is 2.16. The van der Waals surface area contributed by atoms with E-state index in [1.807, 2.05) is 43.4 Å². The van der Waals surface area contributed by atoms with Gasteiger partial charge in [0.25, 0.3) is 0 Å². The molecule has 3 heteroatoms. The summed E-state index contributed by atoms with van der Waals surface area (Å²) in [6.07, 6.45) is 1.91. The van der Waals surface area contributed by atoms with E-state index < -0.39 is 0 Å². The van der Waals surface area contributed by atoms with Crippen LogP contribution in [0.4, 0.5) is 0 Å². The summed E-state index contributed by atoms with van der Waals surface area (Å²) in [5.41, 5.74) is 4.11. The number of hydrogen-bond acceptors (Lipinski definition) is 2. The van der Waals surface area contributed by atoms with Crippen LogP contribution in [0, 0.1) is 0 Å². The second kappa shape index (κ2) is 6.29. The summed E-state index contributed by atoms with van der Waals surface area (Å²) in [5, 5.41) is 0.950. The number of aldehydes is 1. The quantitative estimate of drug-likeness (QED) is 0.648. The lowest BCUT2D eigenvalue weighted by molar-refractivity contribution is 0.112. The molecule has 0 aliphatic carbocycles. The van der Waals surface area contributed by atoms with Crippen molar-refractivity contribution in [2.75, 3.05) is 7.11 Å². The van der Waals surface area contributed by atoms with Crippen LogP contribution in [0.3, 0.4) is 0 Å². The minimum Gasteiger partial charge on any atom is -0.497 e. The zero-order chi connectivity index (χ0) is 16.4. The zero-order valence-electron chi connectivity index (χ0n) is 13.7.